The number of aromatic nitrogens is 1. The number of hydrogen-bond acceptors (Lipinski definition) is 4. The number of sulfonamides is 1. The molecule has 0 saturated carbocycles. The molecule has 6 heteroatoms. The number of nitrogen functional groups attached to an aromatic ring is 1. The van der Waals surface area contributed by atoms with E-state index in [-0.39, 0.29) is 11.4 Å². The fraction of sp³-hybridized carbons (Fsp3) is 0.267. The van der Waals surface area contributed by atoms with Crippen LogP contribution in [0.1, 0.15) is 22.5 Å². The van der Waals surface area contributed by atoms with Crippen molar-refractivity contribution in [1.29, 1.82) is 0 Å². The lowest BCUT2D eigenvalue weighted by Crippen LogP contribution is -2.25. The van der Waals surface area contributed by atoms with Crippen LogP contribution in [0.15, 0.2) is 35.2 Å². The number of anilines is 1. The number of nitrogens with zero attached hydrogens (tertiary/aromatic N) is 1. The number of nitrogens with two attached hydrogens (primary N) is 1. The number of aryl methyl sites for hydroxylation is 2. The van der Waals surface area contributed by atoms with E-state index in [0.29, 0.717) is 16.9 Å². The third-order valence-electron chi connectivity index (χ3n) is 3.22. The Kier molecular flexibility index (Phi) is 4.29. The van der Waals surface area contributed by atoms with Crippen molar-refractivity contribution < 1.29 is 8.42 Å². The molecule has 0 bridgehead atoms. The van der Waals surface area contributed by atoms with Crippen molar-refractivity contribution in [2.45, 2.75) is 32.2 Å². The van der Waals surface area contributed by atoms with Gasteiger partial charge in [0.25, 0.3) is 0 Å². The Morgan fingerprint density at radius 2 is 1.90 bits per heavy atom. The van der Waals surface area contributed by atoms with Gasteiger partial charge >= 0.3 is 0 Å². The fourth-order valence-electron chi connectivity index (χ4n) is 2.08. The largest absolute Gasteiger partial charge is 0.398 e. The van der Waals surface area contributed by atoms with Crippen LogP contribution in [-0.4, -0.2) is 13.4 Å². The van der Waals surface area contributed by atoms with Crippen molar-refractivity contribution in [3.05, 3.63) is 52.8 Å². The molecule has 3 N–H and O–H groups in total. The van der Waals surface area contributed by atoms with Gasteiger partial charge in [0.05, 0.1) is 17.1 Å². The lowest BCUT2D eigenvalue weighted by molar-refractivity contribution is 0.579. The minimum absolute atomic E-state index is 0.150. The van der Waals surface area contributed by atoms with E-state index >= 15 is 0 Å². The molecule has 0 aliphatic heterocycles. The SMILES string of the molecule is Cc1cc(N)c(C)c(S(=O)(=O)NCc2cccc(C)n2)c1. The molecule has 1 aromatic heterocycles. The van der Waals surface area contributed by atoms with Crippen LogP contribution in [0.4, 0.5) is 5.69 Å². The van der Waals surface area contributed by atoms with Crippen LogP contribution in [0.3, 0.4) is 0 Å². The molecule has 2 aromatic rings. The van der Waals surface area contributed by atoms with Gasteiger partial charge in [-0.15, -0.1) is 0 Å². The molecule has 5 nitrogen and oxygen atoms in total. The molecule has 0 spiro atoms. The van der Waals surface area contributed by atoms with Crippen molar-refractivity contribution in [3.8, 4) is 0 Å². The van der Waals surface area contributed by atoms with E-state index in [2.05, 4.69) is 9.71 Å². The Bertz CT molecular complexity index is 770. The molecule has 0 saturated heterocycles. The third-order valence-corrected chi connectivity index (χ3v) is 4.75. The van der Waals surface area contributed by atoms with Crippen molar-refractivity contribution in [1.82, 2.24) is 9.71 Å². The quantitative estimate of drug-likeness (QED) is 0.847. The van der Waals surface area contributed by atoms with Crippen molar-refractivity contribution in [2.75, 3.05) is 5.73 Å². The highest BCUT2D eigenvalue weighted by molar-refractivity contribution is 7.89. The van der Waals surface area contributed by atoms with Crippen molar-refractivity contribution in [3.63, 3.8) is 0 Å². The van der Waals surface area contributed by atoms with E-state index in [0.717, 1.165) is 11.3 Å². The molecule has 0 amide bonds. The van der Waals surface area contributed by atoms with Gasteiger partial charge < -0.3 is 5.73 Å². The number of hydrogen-bond donors (Lipinski definition) is 2. The molecule has 1 aromatic carbocycles. The Hall–Kier alpha value is -1.92. The number of pyridine rings is 1. The lowest BCUT2D eigenvalue weighted by Gasteiger charge is -2.12. The zero-order valence-electron chi connectivity index (χ0n) is 12.3. The summed E-state index contributed by atoms with van der Waals surface area (Å²) in [5, 5.41) is 0. The van der Waals surface area contributed by atoms with Gasteiger partial charge in [0, 0.05) is 11.4 Å². The van der Waals surface area contributed by atoms with Gasteiger partial charge in [0.2, 0.25) is 10.0 Å². The molecule has 112 valence electrons. The Morgan fingerprint density at radius 3 is 2.57 bits per heavy atom. The normalized spacial score (nSPS) is 11.6. The first-order valence-electron chi connectivity index (χ1n) is 6.58. The van der Waals surface area contributed by atoms with Crippen LogP contribution in [-0.2, 0) is 16.6 Å². The predicted octanol–water partition coefficient (Wildman–Crippen LogP) is 2.07. The van der Waals surface area contributed by atoms with Gasteiger partial charge in [-0.1, -0.05) is 6.07 Å². The molecular weight excluding hydrogens is 286 g/mol. The number of benzene rings is 1. The maximum absolute atomic E-state index is 12.4. The minimum Gasteiger partial charge on any atom is -0.398 e. The van der Waals surface area contributed by atoms with Gasteiger partial charge in [-0.25, -0.2) is 13.1 Å². The average molecular weight is 305 g/mol. The van der Waals surface area contributed by atoms with E-state index in [9.17, 15) is 8.42 Å². The lowest BCUT2D eigenvalue weighted by atomic mass is 10.1. The minimum atomic E-state index is -3.62. The van der Waals surface area contributed by atoms with Gasteiger partial charge in [0.1, 0.15) is 0 Å². The number of nitrogens with one attached hydrogen (secondary N) is 1. The van der Waals surface area contributed by atoms with Gasteiger partial charge in [-0.2, -0.15) is 0 Å². The van der Waals surface area contributed by atoms with Crippen LogP contribution < -0.4 is 10.5 Å². The molecule has 0 radical (unpaired) electrons. The Morgan fingerprint density at radius 1 is 1.19 bits per heavy atom. The number of rotatable bonds is 4. The summed E-state index contributed by atoms with van der Waals surface area (Å²) in [6.45, 7) is 5.53. The summed E-state index contributed by atoms with van der Waals surface area (Å²) >= 11 is 0. The topological polar surface area (TPSA) is 85.1 Å². The van der Waals surface area contributed by atoms with Crippen LogP contribution in [0, 0.1) is 20.8 Å². The zero-order chi connectivity index (χ0) is 15.6. The maximum Gasteiger partial charge on any atom is 0.241 e. The average Bonchev–Trinajstić information content (AvgIpc) is 2.41. The van der Waals surface area contributed by atoms with Gasteiger partial charge in [0.15, 0.2) is 0 Å². The second kappa shape index (κ2) is 5.83. The molecule has 0 aliphatic carbocycles. The van der Waals surface area contributed by atoms with E-state index in [4.69, 9.17) is 5.73 Å². The Balaban J connectivity index is 2.27. The summed E-state index contributed by atoms with van der Waals surface area (Å²) in [7, 11) is -3.62. The summed E-state index contributed by atoms with van der Waals surface area (Å²) in [6.07, 6.45) is 0. The first-order chi connectivity index (χ1) is 9.79. The highest BCUT2D eigenvalue weighted by Crippen LogP contribution is 2.23. The van der Waals surface area contributed by atoms with Crippen LogP contribution >= 0.6 is 0 Å². The molecule has 0 atom stereocenters. The first kappa shape index (κ1) is 15.5. The smallest absolute Gasteiger partial charge is 0.241 e. The third kappa shape index (κ3) is 3.59. The first-order valence-corrected chi connectivity index (χ1v) is 8.07. The molecule has 2 rings (SSSR count). The second-order valence-electron chi connectivity index (χ2n) is 5.07. The highest BCUT2D eigenvalue weighted by atomic mass is 32.2. The van der Waals surface area contributed by atoms with Gasteiger partial charge in [-0.3, -0.25) is 4.98 Å². The summed E-state index contributed by atoms with van der Waals surface area (Å²) in [6, 6.07) is 8.88. The van der Waals surface area contributed by atoms with Crippen molar-refractivity contribution in [2.24, 2.45) is 0 Å². The fourth-order valence-corrected chi connectivity index (χ4v) is 3.43. The summed E-state index contributed by atoms with van der Waals surface area (Å²) in [5.74, 6) is 0. The van der Waals surface area contributed by atoms with Crippen molar-refractivity contribution >= 4 is 15.7 Å². The Labute approximate surface area is 125 Å². The molecule has 21 heavy (non-hydrogen) atoms. The van der Waals surface area contributed by atoms with E-state index < -0.39 is 10.0 Å². The molecule has 0 fully saturated rings. The van der Waals surface area contributed by atoms with Gasteiger partial charge in [-0.05, 0) is 56.2 Å². The van der Waals surface area contributed by atoms with E-state index in [1.54, 1.807) is 25.1 Å². The van der Waals surface area contributed by atoms with Crippen LogP contribution in [0.2, 0.25) is 0 Å². The summed E-state index contributed by atoms with van der Waals surface area (Å²) in [5.41, 5.74) is 9.22. The standard InChI is InChI=1S/C15H19N3O2S/c1-10-7-14(16)12(3)15(8-10)21(19,20)17-9-13-6-4-5-11(2)18-13/h4-8,17H,9,16H2,1-3H3. The van der Waals surface area contributed by atoms with E-state index in [1.807, 2.05) is 26.0 Å². The summed E-state index contributed by atoms with van der Waals surface area (Å²) < 4.78 is 27.4. The zero-order valence-corrected chi connectivity index (χ0v) is 13.2. The monoisotopic (exact) mass is 305 g/mol. The molecule has 0 unspecified atom stereocenters. The highest BCUT2D eigenvalue weighted by Gasteiger charge is 2.18. The van der Waals surface area contributed by atoms with Crippen LogP contribution in [0.5, 0.6) is 0 Å². The molecule has 1 heterocycles. The van der Waals surface area contributed by atoms with Crippen LogP contribution in [0.25, 0.3) is 0 Å². The predicted molar refractivity (Wildman–Crippen MR) is 83.3 cm³/mol. The van der Waals surface area contributed by atoms with E-state index in [1.165, 1.54) is 0 Å². The molecular formula is C15H19N3O2S. The summed E-state index contributed by atoms with van der Waals surface area (Å²) in [4.78, 5) is 4.49. The molecule has 0 aliphatic rings. The maximum atomic E-state index is 12.4. The second-order valence-corrected chi connectivity index (χ2v) is 6.81.